The van der Waals surface area contributed by atoms with Gasteiger partial charge in [-0.2, -0.15) is 0 Å². The average molecular weight is 380 g/mol. The second kappa shape index (κ2) is 6.84. The summed E-state index contributed by atoms with van der Waals surface area (Å²) in [7, 11) is 1.63. The van der Waals surface area contributed by atoms with Crippen LogP contribution in [0.4, 0.5) is 0 Å². The molecule has 0 saturated heterocycles. The van der Waals surface area contributed by atoms with Crippen molar-refractivity contribution in [2.45, 2.75) is 12.8 Å². The number of carbonyl (C=O) groups is 2. The van der Waals surface area contributed by atoms with E-state index in [0.29, 0.717) is 23.1 Å². The normalized spacial score (nSPS) is 10.2. The first-order valence-electron chi connectivity index (χ1n) is 5.20. The Morgan fingerprint density at radius 1 is 1.44 bits per heavy atom. The van der Waals surface area contributed by atoms with Crippen LogP contribution in [0, 0.1) is 0 Å². The van der Waals surface area contributed by atoms with Crippen LogP contribution in [0.3, 0.4) is 0 Å². The summed E-state index contributed by atoms with van der Waals surface area (Å²) in [5.41, 5.74) is 0.316. The number of hydrogen-bond donors (Lipinski definition) is 1. The van der Waals surface area contributed by atoms with Gasteiger partial charge >= 0.3 is 5.97 Å². The van der Waals surface area contributed by atoms with E-state index in [1.165, 1.54) is 4.90 Å². The van der Waals surface area contributed by atoms with Gasteiger partial charge in [0.05, 0.1) is 4.47 Å². The van der Waals surface area contributed by atoms with Gasteiger partial charge in [-0.1, -0.05) is 0 Å². The zero-order valence-electron chi connectivity index (χ0n) is 9.69. The van der Waals surface area contributed by atoms with E-state index in [9.17, 15) is 9.59 Å². The number of carboxylic acids is 1. The molecule has 0 spiro atoms. The summed E-state index contributed by atoms with van der Waals surface area (Å²) in [6, 6.07) is 1.74. The van der Waals surface area contributed by atoms with Gasteiger partial charge < -0.3 is 10.0 Å². The van der Waals surface area contributed by atoms with Crippen LogP contribution < -0.4 is 0 Å². The van der Waals surface area contributed by atoms with Crippen LogP contribution >= 0.6 is 31.9 Å². The highest BCUT2D eigenvalue weighted by Crippen LogP contribution is 2.20. The molecule has 1 aromatic heterocycles. The maximum absolute atomic E-state index is 12.0. The first-order chi connectivity index (χ1) is 8.41. The minimum Gasteiger partial charge on any atom is -0.481 e. The van der Waals surface area contributed by atoms with Gasteiger partial charge in [0.2, 0.25) is 0 Å². The summed E-state index contributed by atoms with van der Waals surface area (Å²) in [6.45, 7) is 0.384. The molecular formula is C11H12Br2N2O3. The fraction of sp³-hybridized carbons (Fsp3) is 0.364. The first-order valence-corrected chi connectivity index (χ1v) is 6.78. The minimum atomic E-state index is -0.862. The number of halogens is 2. The predicted octanol–water partition coefficient (Wildman–Crippen LogP) is 2.54. The topological polar surface area (TPSA) is 70.5 Å². The van der Waals surface area contributed by atoms with E-state index in [-0.39, 0.29) is 12.3 Å². The number of hydrogen-bond acceptors (Lipinski definition) is 3. The quantitative estimate of drug-likeness (QED) is 0.853. The van der Waals surface area contributed by atoms with Gasteiger partial charge in [-0.05, 0) is 44.3 Å². The lowest BCUT2D eigenvalue weighted by molar-refractivity contribution is -0.137. The number of aromatic nitrogens is 1. The van der Waals surface area contributed by atoms with E-state index < -0.39 is 5.97 Å². The van der Waals surface area contributed by atoms with Crippen molar-refractivity contribution in [3.05, 3.63) is 26.9 Å². The fourth-order valence-electron chi connectivity index (χ4n) is 1.32. The lowest BCUT2D eigenvalue weighted by atomic mass is 10.2. The van der Waals surface area contributed by atoms with E-state index in [1.54, 1.807) is 19.3 Å². The van der Waals surface area contributed by atoms with Crippen molar-refractivity contribution in [3.8, 4) is 0 Å². The summed E-state index contributed by atoms with van der Waals surface area (Å²) in [5, 5.41) is 8.53. The van der Waals surface area contributed by atoms with Crippen molar-refractivity contribution in [2.24, 2.45) is 0 Å². The number of carbonyl (C=O) groups excluding carboxylic acids is 1. The molecule has 0 fully saturated rings. The predicted molar refractivity (Wildman–Crippen MR) is 73.5 cm³/mol. The Balaban J connectivity index is 2.65. The third kappa shape index (κ3) is 4.38. The molecule has 0 unspecified atom stereocenters. The molecule has 0 aliphatic carbocycles. The summed E-state index contributed by atoms with van der Waals surface area (Å²) in [5.74, 6) is -1.10. The highest BCUT2D eigenvalue weighted by molar-refractivity contribution is 9.11. The minimum absolute atomic E-state index is 0.0482. The standard InChI is InChI=1S/C11H12Br2N2O3/c1-15(4-2-3-9(16)17)11(18)10-8(13)5-7(12)6-14-10/h5-6H,2-4H2,1H3,(H,16,17). The van der Waals surface area contributed by atoms with E-state index in [0.717, 1.165) is 4.47 Å². The molecule has 0 atom stereocenters. The molecule has 98 valence electrons. The molecule has 1 amide bonds. The van der Waals surface area contributed by atoms with E-state index in [4.69, 9.17) is 5.11 Å². The van der Waals surface area contributed by atoms with Gasteiger partial charge in [0.15, 0.2) is 0 Å². The van der Waals surface area contributed by atoms with E-state index in [1.807, 2.05) is 0 Å². The molecule has 0 aliphatic heterocycles. The van der Waals surface area contributed by atoms with Crippen LogP contribution in [-0.2, 0) is 4.79 Å². The molecule has 0 bridgehead atoms. The van der Waals surface area contributed by atoms with Crippen LogP contribution in [0.25, 0.3) is 0 Å². The Hall–Kier alpha value is -0.950. The van der Waals surface area contributed by atoms with Crippen molar-refractivity contribution in [1.82, 2.24) is 9.88 Å². The van der Waals surface area contributed by atoms with Gasteiger partial charge in [0.1, 0.15) is 5.69 Å². The van der Waals surface area contributed by atoms with Crippen molar-refractivity contribution in [2.75, 3.05) is 13.6 Å². The Morgan fingerprint density at radius 3 is 2.67 bits per heavy atom. The summed E-state index contributed by atoms with van der Waals surface area (Å²) in [4.78, 5) is 27.9. The third-order valence-electron chi connectivity index (χ3n) is 2.24. The number of pyridine rings is 1. The van der Waals surface area contributed by atoms with Crippen molar-refractivity contribution in [3.63, 3.8) is 0 Å². The lowest BCUT2D eigenvalue weighted by Crippen LogP contribution is -2.29. The molecule has 0 aromatic carbocycles. The van der Waals surface area contributed by atoms with Crippen LogP contribution in [-0.4, -0.2) is 40.5 Å². The molecule has 1 aromatic rings. The number of carboxylic acid groups (broad SMARTS) is 1. The zero-order chi connectivity index (χ0) is 13.7. The Bertz CT molecular complexity index is 466. The second-order valence-corrected chi connectivity index (χ2v) is 5.48. The van der Waals surface area contributed by atoms with Crippen molar-refractivity contribution in [1.29, 1.82) is 0 Å². The highest BCUT2D eigenvalue weighted by Gasteiger charge is 2.16. The maximum Gasteiger partial charge on any atom is 0.303 e. The average Bonchev–Trinajstić information content (AvgIpc) is 2.27. The number of nitrogens with zero attached hydrogens (tertiary/aromatic N) is 2. The molecule has 7 heteroatoms. The van der Waals surface area contributed by atoms with Gasteiger partial charge in [-0.15, -0.1) is 0 Å². The molecule has 18 heavy (non-hydrogen) atoms. The summed E-state index contributed by atoms with van der Waals surface area (Å²) in [6.07, 6.45) is 2.02. The van der Waals surface area contributed by atoms with Gasteiger partial charge in [-0.3, -0.25) is 9.59 Å². The molecule has 1 heterocycles. The summed E-state index contributed by atoms with van der Waals surface area (Å²) < 4.78 is 1.38. The van der Waals surface area contributed by atoms with Crippen LogP contribution in [0.2, 0.25) is 0 Å². The fourth-order valence-corrected chi connectivity index (χ4v) is 2.48. The smallest absolute Gasteiger partial charge is 0.303 e. The maximum atomic E-state index is 12.0. The Kier molecular flexibility index (Phi) is 5.74. The Morgan fingerprint density at radius 2 is 2.11 bits per heavy atom. The number of amides is 1. The van der Waals surface area contributed by atoms with Gasteiger partial charge in [0.25, 0.3) is 5.91 Å². The molecule has 0 saturated carbocycles. The molecule has 0 radical (unpaired) electrons. The second-order valence-electron chi connectivity index (χ2n) is 3.71. The number of aliphatic carboxylic acids is 1. The van der Waals surface area contributed by atoms with Gasteiger partial charge in [-0.25, -0.2) is 4.98 Å². The van der Waals surface area contributed by atoms with Crippen molar-refractivity contribution < 1.29 is 14.7 Å². The van der Waals surface area contributed by atoms with Crippen LogP contribution in [0.15, 0.2) is 21.2 Å². The monoisotopic (exact) mass is 378 g/mol. The van der Waals surface area contributed by atoms with Gasteiger partial charge in [0, 0.05) is 30.7 Å². The number of rotatable bonds is 5. The van der Waals surface area contributed by atoms with Crippen LogP contribution in [0.5, 0.6) is 0 Å². The molecule has 1 rings (SSSR count). The Labute approximate surface area is 121 Å². The van der Waals surface area contributed by atoms with Crippen molar-refractivity contribution >= 4 is 43.7 Å². The largest absolute Gasteiger partial charge is 0.481 e. The highest BCUT2D eigenvalue weighted by atomic mass is 79.9. The lowest BCUT2D eigenvalue weighted by Gasteiger charge is -2.16. The summed E-state index contributed by atoms with van der Waals surface area (Å²) >= 11 is 6.53. The molecule has 1 N–H and O–H groups in total. The SMILES string of the molecule is CN(CCCC(=O)O)C(=O)c1ncc(Br)cc1Br. The first kappa shape index (κ1) is 15.1. The van der Waals surface area contributed by atoms with E-state index >= 15 is 0 Å². The van der Waals surface area contributed by atoms with E-state index in [2.05, 4.69) is 36.8 Å². The molecule has 5 nitrogen and oxygen atoms in total. The third-order valence-corrected chi connectivity index (χ3v) is 3.28. The zero-order valence-corrected chi connectivity index (χ0v) is 12.9. The van der Waals surface area contributed by atoms with Crippen LogP contribution in [0.1, 0.15) is 23.3 Å². The molecular weight excluding hydrogens is 368 g/mol. The molecule has 0 aliphatic rings.